The molecule has 34 heavy (non-hydrogen) atoms. The van der Waals surface area contributed by atoms with Crippen molar-refractivity contribution >= 4 is 23.3 Å². The number of hydrogen-bond donors (Lipinski definition) is 0. The summed E-state index contributed by atoms with van der Waals surface area (Å²) in [5.74, 6) is -1.76. The zero-order chi connectivity index (χ0) is 24.2. The van der Waals surface area contributed by atoms with Gasteiger partial charge in [-0.3, -0.25) is 0 Å². The van der Waals surface area contributed by atoms with Gasteiger partial charge < -0.3 is 14.4 Å². The van der Waals surface area contributed by atoms with E-state index in [9.17, 15) is 14.0 Å². The highest BCUT2D eigenvalue weighted by Crippen LogP contribution is 2.31. The highest BCUT2D eigenvalue weighted by molar-refractivity contribution is 6.06. The summed E-state index contributed by atoms with van der Waals surface area (Å²) in [4.78, 5) is 27.3. The van der Waals surface area contributed by atoms with E-state index in [4.69, 9.17) is 9.47 Å². The van der Waals surface area contributed by atoms with Gasteiger partial charge in [0.2, 0.25) is 0 Å². The van der Waals surface area contributed by atoms with Gasteiger partial charge in [-0.2, -0.15) is 5.10 Å². The van der Waals surface area contributed by atoms with E-state index in [0.717, 1.165) is 5.69 Å². The van der Waals surface area contributed by atoms with Gasteiger partial charge in [0.1, 0.15) is 17.1 Å². The third kappa shape index (κ3) is 4.25. The van der Waals surface area contributed by atoms with Crippen molar-refractivity contribution in [3.8, 4) is 16.9 Å². The van der Waals surface area contributed by atoms with Gasteiger partial charge in [-0.05, 0) is 42.5 Å². The van der Waals surface area contributed by atoms with Crippen molar-refractivity contribution in [3.63, 3.8) is 0 Å². The van der Waals surface area contributed by atoms with Gasteiger partial charge in [0, 0.05) is 24.0 Å². The topological polar surface area (TPSA) is 73.7 Å². The maximum Gasteiger partial charge on any atom is 0.357 e. The lowest BCUT2D eigenvalue weighted by atomic mass is 10.0. The molecule has 3 aromatic carbocycles. The van der Waals surface area contributed by atoms with E-state index in [-0.39, 0.29) is 22.8 Å². The minimum Gasteiger partial charge on any atom is -0.465 e. The second-order valence-corrected chi connectivity index (χ2v) is 7.39. The zero-order valence-electron chi connectivity index (χ0n) is 18.9. The number of aromatic nitrogens is 2. The molecule has 7 nitrogen and oxygen atoms in total. The van der Waals surface area contributed by atoms with E-state index in [2.05, 4.69) is 5.10 Å². The number of nitrogens with zero attached hydrogens (tertiary/aromatic N) is 3. The molecule has 1 heterocycles. The molecule has 0 N–H and O–H groups in total. The highest BCUT2D eigenvalue weighted by Gasteiger charge is 2.31. The summed E-state index contributed by atoms with van der Waals surface area (Å²) in [6.07, 6.45) is 0. The molecule has 0 aliphatic carbocycles. The second kappa shape index (κ2) is 9.58. The van der Waals surface area contributed by atoms with Gasteiger partial charge in [0.15, 0.2) is 5.69 Å². The number of carbonyl (C=O) groups excluding carboxylic acids is 2. The van der Waals surface area contributed by atoms with E-state index >= 15 is 0 Å². The van der Waals surface area contributed by atoms with Gasteiger partial charge in [-0.15, -0.1) is 0 Å². The number of benzene rings is 3. The molecule has 4 rings (SSSR count). The number of para-hydroxylation sites is 1. The van der Waals surface area contributed by atoms with E-state index in [1.807, 2.05) is 30.1 Å². The Labute approximate surface area is 196 Å². The summed E-state index contributed by atoms with van der Waals surface area (Å²) in [5, 5.41) is 4.58. The number of anilines is 2. The third-order valence-electron chi connectivity index (χ3n) is 5.38. The Morgan fingerprint density at radius 2 is 1.53 bits per heavy atom. The third-order valence-corrected chi connectivity index (χ3v) is 5.38. The molecule has 0 saturated heterocycles. The molecular formula is C26H22FN3O4. The van der Waals surface area contributed by atoms with E-state index < -0.39 is 11.9 Å². The molecule has 0 saturated carbocycles. The second-order valence-electron chi connectivity index (χ2n) is 7.39. The quantitative estimate of drug-likeness (QED) is 0.377. The first-order valence-electron chi connectivity index (χ1n) is 10.4. The molecule has 0 bridgehead atoms. The number of ether oxygens (including phenoxy) is 2. The maximum atomic E-state index is 13.6. The van der Waals surface area contributed by atoms with Crippen LogP contribution in [0.2, 0.25) is 0 Å². The summed E-state index contributed by atoms with van der Waals surface area (Å²) < 4.78 is 24.9. The Balaban J connectivity index is 1.83. The molecule has 1 aromatic heterocycles. The van der Waals surface area contributed by atoms with Crippen molar-refractivity contribution in [2.24, 2.45) is 0 Å². The number of halogens is 1. The van der Waals surface area contributed by atoms with Gasteiger partial charge in [0.25, 0.3) is 0 Å². The first-order valence-corrected chi connectivity index (χ1v) is 10.4. The van der Waals surface area contributed by atoms with Crippen LogP contribution in [-0.2, 0) is 9.47 Å². The Hall–Kier alpha value is -4.46. The van der Waals surface area contributed by atoms with Crippen LogP contribution in [0.15, 0.2) is 78.9 Å². The number of carbonyl (C=O) groups is 2. The van der Waals surface area contributed by atoms with Gasteiger partial charge >= 0.3 is 11.9 Å². The first kappa shape index (κ1) is 22.7. The largest absolute Gasteiger partial charge is 0.465 e. The average Bonchev–Trinajstić information content (AvgIpc) is 3.28. The molecule has 172 valence electrons. The van der Waals surface area contributed by atoms with Gasteiger partial charge in [-0.1, -0.05) is 36.4 Å². The highest BCUT2D eigenvalue weighted by atomic mass is 19.1. The smallest absolute Gasteiger partial charge is 0.357 e. The van der Waals surface area contributed by atoms with Crippen LogP contribution in [0.25, 0.3) is 16.9 Å². The van der Waals surface area contributed by atoms with Crippen LogP contribution in [0, 0.1) is 5.82 Å². The van der Waals surface area contributed by atoms with Gasteiger partial charge in [-0.25, -0.2) is 18.7 Å². The average molecular weight is 459 g/mol. The molecule has 8 heteroatoms. The maximum absolute atomic E-state index is 13.6. The lowest BCUT2D eigenvalue weighted by Crippen LogP contribution is -2.15. The van der Waals surface area contributed by atoms with Crippen LogP contribution in [0.4, 0.5) is 15.8 Å². The van der Waals surface area contributed by atoms with E-state index in [1.165, 1.54) is 31.0 Å². The molecule has 0 fully saturated rings. The number of methoxy groups -OCH3 is 2. The molecule has 0 unspecified atom stereocenters. The summed E-state index contributed by atoms with van der Waals surface area (Å²) >= 11 is 0. The Kier molecular flexibility index (Phi) is 6.40. The lowest BCUT2D eigenvalue weighted by Gasteiger charge is -2.19. The molecular weight excluding hydrogens is 437 g/mol. The summed E-state index contributed by atoms with van der Waals surface area (Å²) in [5.41, 5.74) is 2.91. The fourth-order valence-electron chi connectivity index (χ4n) is 3.63. The summed E-state index contributed by atoms with van der Waals surface area (Å²) in [6.45, 7) is 0. The van der Waals surface area contributed by atoms with Crippen molar-refractivity contribution in [1.82, 2.24) is 9.78 Å². The number of esters is 2. The standard InChI is InChI=1S/C26H22FN3O4/c1-29(21-11-7-8-18(27)16-21)19-14-12-17(13-15-19)23-22(25(31)33-2)24(26(32)34-3)30(28-23)20-9-5-4-6-10-20/h4-16H,1-3H3. The monoisotopic (exact) mass is 459 g/mol. The van der Waals surface area contributed by atoms with Crippen LogP contribution in [0.3, 0.4) is 0 Å². The minimum atomic E-state index is -0.717. The van der Waals surface area contributed by atoms with Crippen LogP contribution in [0.5, 0.6) is 0 Å². The predicted octanol–water partition coefficient (Wildman–Crippen LogP) is 5.02. The van der Waals surface area contributed by atoms with Gasteiger partial charge in [0.05, 0.1) is 19.9 Å². The normalized spacial score (nSPS) is 10.6. The molecule has 0 aliphatic heterocycles. The molecule has 0 aliphatic rings. The fourth-order valence-corrected chi connectivity index (χ4v) is 3.63. The predicted molar refractivity (Wildman–Crippen MR) is 126 cm³/mol. The van der Waals surface area contributed by atoms with E-state index in [1.54, 1.807) is 48.5 Å². The SMILES string of the molecule is COC(=O)c1c(-c2ccc(N(C)c3cccc(F)c3)cc2)nn(-c2ccccc2)c1C(=O)OC. The van der Waals surface area contributed by atoms with Crippen molar-refractivity contribution in [1.29, 1.82) is 0 Å². The minimum absolute atomic E-state index is 0.00411. The fraction of sp³-hybridized carbons (Fsp3) is 0.115. The number of rotatable bonds is 6. The van der Waals surface area contributed by atoms with Crippen LogP contribution < -0.4 is 4.90 Å². The Morgan fingerprint density at radius 3 is 2.15 bits per heavy atom. The van der Waals surface area contributed by atoms with E-state index in [0.29, 0.717) is 16.9 Å². The Morgan fingerprint density at radius 1 is 0.853 bits per heavy atom. The number of hydrogen-bond acceptors (Lipinski definition) is 6. The van der Waals surface area contributed by atoms with Crippen molar-refractivity contribution in [2.75, 3.05) is 26.2 Å². The molecule has 4 aromatic rings. The Bertz CT molecular complexity index is 1330. The van der Waals surface area contributed by atoms with Crippen molar-refractivity contribution in [2.45, 2.75) is 0 Å². The lowest BCUT2D eigenvalue weighted by molar-refractivity contribution is 0.0549. The van der Waals surface area contributed by atoms with Crippen molar-refractivity contribution in [3.05, 3.63) is 95.9 Å². The summed E-state index contributed by atoms with van der Waals surface area (Å²) in [7, 11) is 4.30. The molecule has 0 spiro atoms. The van der Waals surface area contributed by atoms with Crippen LogP contribution in [-0.4, -0.2) is 43.0 Å². The zero-order valence-corrected chi connectivity index (χ0v) is 18.9. The first-order chi connectivity index (χ1) is 16.4. The van der Waals surface area contributed by atoms with Crippen LogP contribution in [0.1, 0.15) is 20.8 Å². The molecule has 0 atom stereocenters. The molecule has 0 amide bonds. The van der Waals surface area contributed by atoms with Crippen molar-refractivity contribution < 1.29 is 23.5 Å². The van der Waals surface area contributed by atoms with Crippen LogP contribution >= 0.6 is 0 Å². The molecule has 0 radical (unpaired) electrons. The summed E-state index contributed by atoms with van der Waals surface area (Å²) in [6, 6.07) is 22.4.